The van der Waals surface area contributed by atoms with Gasteiger partial charge < -0.3 is 10.3 Å². The number of nitrogens with one attached hydrogen (secondary N) is 4. The lowest BCUT2D eigenvalue weighted by molar-refractivity contribution is -0.123. The van der Waals surface area contributed by atoms with Crippen LogP contribution < -0.4 is 15.4 Å². The number of nitrogens with zero attached hydrogens (tertiary/aromatic N) is 1. The van der Waals surface area contributed by atoms with Crippen molar-refractivity contribution in [3.05, 3.63) is 17.7 Å². The molecular weight excluding hydrogens is 270 g/mol. The Morgan fingerprint density at radius 3 is 3.11 bits per heavy atom. The number of fused-ring (bicyclic) bond motifs is 1. The zero-order chi connectivity index (χ0) is 13.9. The highest BCUT2D eigenvalue weighted by molar-refractivity contribution is 7.89. The van der Waals surface area contributed by atoms with E-state index in [0.717, 1.165) is 11.4 Å². The van der Waals surface area contributed by atoms with E-state index >= 15 is 0 Å². The summed E-state index contributed by atoms with van der Waals surface area (Å²) in [5, 5.41) is 5.68. The lowest BCUT2D eigenvalue weighted by Gasteiger charge is -2.22. The van der Waals surface area contributed by atoms with Crippen molar-refractivity contribution in [3.8, 4) is 0 Å². The lowest BCUT2D eigenvalue weighted by Crippen LogP contribution is -2.48. The standard InChI is InChI=1S/C10H17N5O3S/c1-11-19(17,18)3-2-12-10(16)8-4-7-9(5-13-8)15-6-14-7/h6,8,11,13H,2-5H2,1H3,(H,12,16)(H,14,15). The topological polar surface area (TPSA) is 116 Å². The Morgan fingerprint density at radius 2 is 2.37 bits per heavy atom. The van der Waals surface area contributed by atoms with Crippen molar-refractivity contribution in [1.29, 1.82) is 0 Å². The van der Waals surface area contributed by atoms with Crippen LogP contribution in [0.2, 0.25) is 0 Å². The van der Waals surface area contributed by atoms with Gasteiger partial charge in [-0.15, -0.1) is 0 Å². The predicted octanol–water partition coefficient (Wildman–Crippen LogP) is -1.91. The highest BCUT2D eigenvalue weighted by Gasteiger charge is 2.25. The van der Waals surface area contributed by atoms with E-state index in [1.807, 2.05) is 0 Å². The first-order valence-electron chi connectivity index (χ1n) is 5.95. The van der Waals surface area contributed by atoms with Gasteiger partial charge in [0.05, 0.1) is 29.5 Å². The molecule has 0 spiro atoms. The second kappa shape index (κ2) is 5.68. The second-order valence-electron chi connectivity index (χ2n) is 4.28. The number of imidazole rings is 1. The number of amides is 1. The summed E-state index contributed by atoms with van der Waals surface area (Å²) in [5.41, 5.74) is 1.86. The van der Waals surface area contributed by atoms with E-state index in [1.165, 1.54) is 7.05 Å². The molecule has 1 unspecified atom stereocenters. The summed E-state index contributed by atoms with van der Waals surface area (Å²) in [6.45, 7) is 0.649. The van der Waals surface area contributed by atoms with Crippen LogP contribution in [0.3, 0.4) is 0 Å². The summed E-state index contributed by atoms with van der Waals surface area (Å²) in [7, 11) is -1.94. The molecule has 0 saturated carbocycles. The zero-order valence-electron chi connectivity index (χ0n) is 10.6. The summed E-state index contributed by atoms with van der Waals surface area (Å²) in [5.74, 6) is -0.338. The number of aromatic amines is 1. The van der Waals surface area contributed by atoms with Crippen molar-refractivity contribution in [2.45, 2.75) is 19.0 Å². The van der Waals surface area contributed by atoms with Crippen molar-refractivity contribution in [2.75, 3.05) is 19.3 Å². The third kappa shape index (κ3) is 3.52. The van der Waals surface area contributed by atoms with Crippen LogP contribution in [-0.2, 0) is 27.8 Å². The number of hydrogen-bond acceptors (Lipinski definition) is 5. The molecule has 0 aromatic carbocycles. The lowest BCUT2D eigenvalue weighted by atomic mass is 10.1. The van der Waals surface area contributed by atoms with Gasteiger partial charge in [-0.2, -0.15) is 0 Å². The zero-order valence-corrected chi connectivity index (χ0v) is 11.4. The van der Waals surface area contributed by atoms with Gasteiger partial charge in [0.1, 0.15) is 0 Å². The fraction of sp³-hybridized carbons (Fsp3) is 0.600. The number of carbonyl (C=O) groups excluding carboxylic acids is 1. The molecule has 8 nitrogen and oxygen atoms in total. The number of hydrogen-bond donors (Lipinski definition) is 4. The summed E-state index contributed by atoms with van der Waals surface area (Å²) in [6.07, 6.45) is 2.11. The molecule has 19 heavy (non-hydrogen) atoms. The molecule has 9 heteroatoms. The molecule has 2 heterocycles. The molecule has 1 atom stereocenters. The molecule has 106 valence electrons. The fourth-order valence-corrected chi connectivity index (χ4v) is 2.46. The summed E-state index contributed by atoms with van der Waals surface area (Å²) < 4.78 is 24.6. The van der Waals surface area contributed by atoms with E-state index in [-0.39, 0.29) is 24.2 Å². The van der Waals surface area contributed by atoms with Gasteiger partial charge in [-0.05, 0) is 7.05 Å². The van der Waals surface area contributed by atoms with E-state index in [2.05, 4.69) is 25.3 Å². The van der Waals surface area contributed by atoms with Crippen molar-refractivity contribution in [2.24, 2.45) is 0 Å². The van der Waals surface area contributed by atoms with Gasteiger partial charge in [-0.1, -0.05) is 0 Å². The Hall–Kier alpha value is -1.45. The van der Waals surface area contributed by atoms with E-state index in [9.17, 15) is 13.2 Å². The van der Waals surface area contributed by atoms with Crippen LogP contribution in [0, 0.1) is 0 Å². The molecule has 0 fully saturated rings. The monoisotopic (exact) mass is 287 g/mol. The molecule has 1 aliphatic heterocycles. The SMILES string of the molecule is CNS(=O)(=O)CCNC(=O)C1Cc2nc[nH]c2CN1. The largest absolute Gasteiger partial charge is 0.354 e. The Morgan fingerprint density at radius 1 is 1.58 bits per heavy atom. The van der Waals surface area contributed by atoms with Gasteiger partial charge in [0.15, 0.2) is 0 Å². The smallest absolute Gasteiger partial charge is 0.237 e. The molecular formula is C10H17N5O3S. The Balaban J connectivity index is 1.82. The third-order valence-electron chi connectivity index (χ3n) is 3.03. The predicted molar refractivity (Wildman–Crippen MR) is 68.8 cm³/mol. The number of H-pyrrole nitrogens is 1. The maximum Gasteiger partial charge on any atom is 0.237 e. The first-order valence-corrected chi connectivity index (χ1v) is 7.60. The maximum absolute atomic E-state index is 11.9. The van der Waals surface area contributed by atoms with Crippen LogP contribution in [0.25, 0.3) is 0 Å². The van der Waals surface area contributed by atoms with Crippen LogP contribution in [0.15, 0.2) is 6.33 Å². The molecule has 1 amide bonds. The Bertz CT molecular complexity index is 553. The normalized spacial score (nSPS) is 18.9. The van der Waals surface area contributed by atoms with Gasteiger partial charge >= 0.3 is 0 Å². The number of carbonyl (C=O) groups is 1. The minimum Gasteiger partial charge on any atom is -0.354 e. The van der Waals surface area contributed by atoms with Crippen molar-refractivity contribution >= 4 is 15.9 Å². The molecule has 0 bridgehead atoms. The molecule has 1 aromatic rings. The average molecular weight is 287 g/mol. The second-order valence-corrected chi connectivity index (χ2v) is 6.33. The quantitative estimate of drug-likeness (QED) is 0.504. The molecule has 0 aliphatic carbocycles. The number of aromatic nitrogens is 2. The van der Waals surface area contributed by atoms with Gasteiger partial charge in [0, 0.05) is 19.5 Å². The van der Waals surface area contributed by atoms with Crippen molar-refractivity contribution in [1.82, 2.24) is 25.3 Å². The number of rotatable bonds is 5. The van der Waals surface area contributed by atoms with Crippen LogP contribution in [0.4, 0.5) is 0 Å². The van der Waals surface area contributed by atoms with Gasteiger partial charge in [0.25, 0.3) is 0 Å². The molecule has 0 radical (unpaired) electrons. The molecule has 1 aliphatic rings. The summed E-state index contributed by atoms with van der Waals surface area (Å²) in [6, 6.07) is -0.368. The van der Waals surface area contributed by atoms with E-state index in [4.69, 9.17) is 0 Å². The van der Waals surface area contributed by atoms with Gasteiger partial charge in [-0.25, -0.2) is 18.1 Å². The van der Waals surface area contributed by atoms with Crippen molar-refractivity contribution in [3.63, 3.8) is 0 Å². The summed E-state index contributed by atoms with van der Waals surface area (Å²) in [4.78, 5) is 19.0. The molecule has 0 saturated heterocycles. The van der Waals surface area contributed by atoms with Gasteiger partial charge in [0.2, 0.25) is 15.9 Å². The van der Waals surface area contributed by atoms with Gasteiger partial charge in [-0.3, -0.25) is 10.1 Å². The Kier molecular flexibility index (Phi) is 4.17. The minimum atomic E-state index is -3.29. The molecule has 4 N–H and O–H groups in total. The Labute approximate surface area is 111 Å². The maximum atomic E-state index is 11.9. The highest BCUT2D eigenvalue weighted by Crippen LogP contribution is 2.11. The van der Waals surface area contributed by atoms with E-state index in [1.54, 1.807) is 6.33 Å². The van der Waals surface area contributed by atoms with E-state index in [0.29, 0.717) is 13.0 Å². The van der Waals surface area contributed by atoms with Crippen LogP contribution in [0.5, 0.6) is 0 Å². The first kappa shape index (κ1) is 14.0. The highest BCUT2D eigenvalue weighted by atomic mass is 32.2. The third-order valence-corrected chi connectivity index (χ3v) is 4.39. The van der Waals surface area contributed by atoms with E-state index < -0.39 is 10.0 Å². The molecule has 2 rings (SSSR count). The number of sulfonamides is 1. The van der Waals surface area contributed by atoms with Crippen LogP contribution in [-0.4, -0.2) is 49.7 Å². The first-order chi connectivity index (χ1) is 9.02. The minimum absolute atomic E-state index is 0.0909. The molecule has 1 aromatic heterocycles. The fourth-order valence-electron chi connectivity index (χ4n) is 1.89. The van der Waals surface area contributed by atoms with Crippen LogP contribution in [0.1, 0.15) is 11.4 Å². The summed E-state index contributed by atoms with van der Waals surface area (Å²) >= 11 is 0. The average Bonchev–Trinajstić information content (AvgIpc) is 2.85. The van der Waals surface area contributed by atoms with Crippen molar-refractivity contribution < 1.29 is 13.2 Å². The van der Waals surface area contributed by atoms with Crippen LogP contribution >= 0.6 is 0 Å².